The highest BCUT2D eigenvalue weighted by molar-refractivity contribution is 7.86. The van der Waals surface area contributed by atoms with Crippen molar-refractivity contribution in [3.8, 4) is 5.75 Å². The van der Waals surface area contributed by atoms with Crippen LogP contribution in [0.15, 0.2) is 41.6 Å². The molecule has 2 N–H and O–H groups in total. The number of benzene rings is 1. The van der Waals surface area contributed by atoms with E-state index < -0.39 is 22.6 Å². The van der Waals surface area contributed by atoms with Crippen LogP contribution >= 0.6 is 0 Å². The minimum Gasteiger partial charge on any atom is -0.491 e. The summed E-state index contributed by atoms with van der Waals surface area (Å²) in [6.07, 6.45) is 3.98. The van der Waals surface area contributed by atoms with Crippen LogP contribution < -0.4 is 9.46 Å². The van der Waals surface area contributed by atoms with Crippen molar-refractivity contribution in [3.05, 3.63) is 42.2 Å². The number of esters is 1. The number of ether oxygens (including phenoxy) is 2. The number of carboxylic acid groups (broad SMARTS) is 1. The van der Waals surface area contributed by atoms with Gasteiger partial charge in [-0.25, -0.2) is 19.0 Å². The van der Waals surface area contributed by atoms with E-state index in [0.717, 1.165) is 18.8 Å². The van der Waals surface area contributed by atoms with E-state index in [2.05, 4.69) is 28.5 Å². The molecular weight excluding hydrogens is 458 g/mol. The van der Waals surface area contributed by atoms with Gasteiger partial charge >= 0.3 is 11.9 Å². The van der Waals surface area contributed by atoms with Gasteiger partial charge in [0, 0.05) is 18.8 Å². The summed E-state index contributed by atoms with van der Waals surface area (Å²) in [7, 11) is -1.63. The quantitative estimate of drug-likeness (QED) is 0.436. The minimum absolute atomic E-state index is 0.0556. The molecule has 0 aliphatic rings. The lowest BCUT2D eigenvalue weighted by molar-refractivity contribution is -0.155. The number of aromatic carboxylic acids is 1. The molecule has 0 aliphatic carbocycles. The van der Waals surface area contributed by atoms with E-state index in [1.807, 2.05) is 27.7 Å². The number of nitrogens with one attached hydrogen (secondary N) is 1. The van der Waals surface area contributed by atoms with Crippen LogP contribution in [-0.4, -0.2) is 42.9 Å². The molecule has 0 fully saturated rings. The van der Waals surface area contributed by atoms with Crippen LogP contribution in [0.5, 0.6) is 5.75 Å². The average Bonchev–Trinajstić information content (AvgIpc) is 2.71. The van der Waals surface area contributed by atoms with E-state index in [4.69, 9.17) is 14.6 Å². The maximum atomic E-state index is 12.5. The summed E-state index contributed by atoms with van der Waals surface area (Å²) < 4.78 is 26.5. The first-order valence-electron chi connectivity index (χ1n) is 11.0. The first-order valence-corrected chi connectivity index (χ1v) is 12.1. The zero-order chi connectivity index (χ0) is 25.5. The summed E-state index contributed by atoms with van der Waals surface area (Å²) >= 11 is 0. The third kappa shape index (κ3) is 9.46. The molecule has 0 spiro atoms. The monoisotopic (exact) mass is 491 g/mol. The van der Waals surface area contributed by atoms with Crippen molar-refractivity contribution < 1.29 is 28.4 Å². The Morgan fingerprint density at radius 1 is 1.09 bits per heavy atom. The topological polar surface area (TPSA) is 128 Å². The fraction of sp³-hybridized carbons (Fsp3) is 0.500. The Bertz CT molecular complexity index is 1000. The molecule has 186 valence electrons. The van der Waals surface area contributed by atoms with Gasteiger partial charge in [-0.15, -0.1) is 0 Å². The number of carbonyl (C=O) groups excluding carboxylic acids is 1. The Balaban J connectivity index is 1.86. The molecule has 0 saturated heterocycles. The lowest BCUT2D eigenvalue weighted by Gasteiger charge is -2.29. The Labute approximate surface area is 202 Å². The molecule has 1 heterocycles. The Hall–Kier alpha value is -3.01. The Morgan fingerprint density at radius 2 is 1.68 bits per heavy atom. The molecule has 1 aromatic heterocycles. The number of carboxylic acids is 1. The Kier molecular flexibility index (Phi) is 9.14. The van der Waals surface area contributed by atoms with Gasteiger partial charge in [0.2, 0.25) is 5.95 Å². The smallest absolute Gasteiger partial charge is 0.338 e. The molecule has 2 unspecified atom stereocenters. The average molecular weight is 492 g/mol. The number of rotatable bonds is 11. The van der Waals surface area contributed by atoms with Crippen LogP contribution in [0.3, 0.4) is 0 Å². The molecule has 0 saturated carbocycles. The molecule has 2 atom stereocenters. The number of hydrogen-bond donors (Lipinski definition) is 2. The van der Waals surface area contributed by atoms with E-state index >= 15 is 0 Å². The number of hydrogen-bond acceptors (Lipinski definition) is 7. The fourth-order valence-corrected chi connectivity index (χ4v) is 4.03. The predicted octanol–water partition coefficient (Wildman–Crippen LogP) is 4.62. The van der Waals surface area contributed by atoms with Gasteiger partial charge in [-0.3, -0.25) is 9.52 Å². The minimum atomic E-state index is -1.63. The molecule has 1 aromatic carbocycles. The van der Waals surface area contributed by atoms with Crippen LogP contribution in [0, 0.1) is 5.41 Å². The van der Waals surface area contributed by atoms with Crippen LogP contribution in [0.1, 0.15) is 71.2 Å². The summed E-state index contributed by atoms with van der Waals surface area (Å²) in [5.74, 6) is -0.636. The molecule has 0 bridgehead atoms. The van der Waals surface area contributed by atoms with Crippen LogP contribution in [0.2, 0.25) is 0 Å². The first-order chi connectivity index (χ1) is 15.7. The van der Waals surface area contributed by atoms with Gasteiger partial charge in [0.15, 0.2) is 11.0 Å². The second kappa shape index (κ2) is 11.4. The van der Waals surface area contributed by atoms with Crippen molar-refractivity contribution in [1.29, 1.82) is 0 Å². The van der Waals surface area contributed by atoms with Crippen LogP contribution in [0.25, 0.3) is 0 Å². The number of nitrogens with zero attached hydrogens (tertiary/aromatic N) is 2. The van der Waals surface area contributed by atoms with Crippen molar-refractivity contribution >= 4 is 28.9 Å². The van der Waals surface area contributed by atoms with Crippen molar-refractivity contribution in [3.63, 3.8) is 0 Å². The zero-order valence-corrected chi connectivity index (χ0v) is 21.3. The first kappa shape index (κ1) is 27.2. The maximum absolute atomic E-state index is 12.5. The van der Waals surface area contributed by atoms with Crippen molar-refractivity contribution in [2.45, 2.75) is 77.4 Å². The molecule has 10 heteroatoms. The number of aromatic nitrogens is 2. The van der Waals surface area contributed by atoms with Crippen molar-refractivity contribution in [2.75, 3.05) is 4.72 Å². The van der Waals surface area contributed by atoms with Crippen LogP contribution in [-0.2, 0) is 20.5 Å². The highest BCUT2D eigenvalue weighted by Gasteiger charge is 2.25. The van der Waals surface area contributed by atoms with E-state index in [1.54, 1.807) is 24.3 Å². The lowest BCUT2D eigenvalue weighted by atomic mass is 9.82. The van der Waals surface area contributed by atoms with Gasteiger partial charge < -0.3 is 14.6 Å². The van der Waals surface area contributed by atoms with Gasteiger partial charge in [-0.05, 0) is 70.2 Å². The van der Waals surface area contributed by atoms with E-state index in [-0.39, 0.29) is 29.0 Å². The van der Waals surface area contributed by atoms with Crippen molar-refractivity contribution in [1.82, 2.24) is 9.97 Å². The van der Waals surface area contributed by atoms with Crippen LogP contribution in [0.4, 0.5) is 5.95 Å². The molecule has 9 nitrogen and oxygen atoms in total. The Morgan fingerprint density at radius 3 is 2.21 bits per heavy atom. The summed E-state index contributed by atoms with van der Waals surface area (Å²) in [6.45, 7) is 11.7. The summed E-state index contributed by atoms with van der Waals surface area (Å²) in [4.78, 5) is 31.1. The number of carbonyl (C=O) groups is 2. The summed E-state index contributed by atoms with van der Waals surface area (Å²) in [6, 6.07) is 6.80. The molecule has 2 aromatic rings. The molecule has 0 amide bonds. The second-order valence-corrected chi connectivity index (χ2v) is 11.0. The van der Waals surface area contributed by atoms with E-state index in [1.165, 1.54) is 0 Å². The van der Waals surface area contributed by atoms with Gasteiger partial charge in [0.25, 0.3) is 0 Å². The maximum Gasteiger partial charge on any atom is 0.338 e. The largest absolute Gasteiger partial charge is 0.491 e. The second-order valence-electron chi connectivity index (χ2n) is 9.83. The highest BCUT2D eigenvalue weighted by atomic mass is 32.2. The summed E-state index contributed by atoms with van der Waals surface area (Å²) in [5.41, 5.74) is -0.654. The van der Waals surface area contributed by atoms with Gasteiger partial charge in [-0.1, -0.05) is 13.8 Å². The lowest BCUT2D eigenvalue weighted by Crippen LogP contribution is -2.27. The standard InChI is InChI=1S/C24H33N3O6S/c1-16(13-24(5,6)12-11-20(28)33-23(2,3)4)32-18-7-9-19(10-8-18)34(31)27-22-25-14-17(15-26-22)21(29)30/h7-10,14-16H,11-13H2,1-6H3,(H,29,30)(H,25,26,27). The highest BCUT2D eigenvalue weighted by Crippen LogP contribution is 2.30. The molecule has 34 heavy (non-hydrogen) atoms. The molecule has 2 rings (SSSR count). The van der Waals surface area contributed by atoms with Crippen molar-refractivity contribution in [2.24, 2.45) is 5.41 Å². The van der Waals surface area contributed by atoms with Gasteiger partial charge in [0.05, 0.1) is 16.6 Å². The van der Waals surface area contributed by atoms with Gasteiger partial charge in [-0.2, -0.15) is 0 Å². The van der Waals surface area contributed by atoms with E-state index in [9.17, 15) is 13.8 Å². The SMILES string of the molecule is CC(CC(C)(C)CCC(=O)OC(C)(C)C)Oc1ccc(S(=O)Nc2ncc(C(=O)O)cn2)cc1. The molecule has 0 aliphatic heterocycles. The number of anilines is 1. The third-order valence-corrected chi connectivity index (χ3v) is 5.79. The molecular formula is C24H33N3O6S. The normalized spacial score (nSPS) is 13.6. The van der Waals surface area contributed by atoms with Gasteiger partial charge in [0.1, 0.15) is 11.4 Å². The molecule has 0 radical (unpaired) electrons. The third-order valence-electron chi connectivity index (χ3n) is 4.72. The summed E-state index contributed by atoms with van der Waals surface area (Å²) in [5, 5.41) is 8.88. The van der Waals surface area contributed by atoms with E-state index in [0.29, 0.717) is 23.5 Å². The zero-order valence-electron chi connectivity index (χ0n) is 20.5. The predicted molar refractivity (Wildman–Crippen MR) is 129 cm³/mol. The fourth-order valence-electron chi connectivity index (χ4n) is 3.26.